The zero-order valence-electron chi connectivity index (χ0n) is 18.4. The van der Waals surface area contributed by atoms with Crippen LogP contribution in [0.3, 0.4) is 0 Å². The molecule has 7 nitrogen and oxygen atoms in total. The Morgan fingerprint density at radius 2 is 2.00 bits per heavy atom. The van der Waals surface area contributed by atoms with Gasteiger partial charge in [0.2, 0.25) is 5.91 Å². The van der Waals surface area contributed by atoms with Crippen molar-refractivity contribution in [2.75, 3.05) is 24.5 Å². The van der Waals surface area contributed by atoms with E-state index in [1.54, 1.807) is 6.20 Å². The van der Waals surface area contributed by atoms with Crippen LogP contribution in [-0.2, 0) is 17.8 Å². The Morgan fingerprint density at radius 3 is 2.76 bits per heavy atom. The third kappa shape index (κ3) is 3.63. The number of carbonyl (C=O) groups excluding carboxylic acids is 1. The van der Waals surface area contributed by atoms with Crippen LogP contribution >= 0.6 is 11.6 Å². The Labute approximate surface area is 197 Å². The summed E-state index contributed by atoms with van der Waals surface area (Å²) in [7, 11) is 0. The van der Waals surface area contributed by atoms with E-state index < -0.39 is 0 Å². The van der Waals surface area contributed by atoms with Crippen LogP contribution < -0.4 is 4.90 Å². The minimum atomic E-state index is 0.0100. The molecule has 168 valence electrons. The summed E-state index contributed by atoms with van der Waals surface area (Å²) in [6.07, 6.45) is 6.56. The monoisotopic (exact) mass is 460 g/mol. The van der Waals surface area contributed by atoms with Crippen molar-refractivity contribution in [3.8, 4) is 6.07 Å². The van der Waals surface area contributed by atoms with Gasteiger partial charge in [-0.1, -0.05) is 11.6 Å². The van der Waals surface area contributed by atoms with Gasteiger partial charge in [-0.05, 0) is 50.3 Å². The topological polar surface area (TPSA) is 88.9 Å². The first-order valence-corrected chi connectivity index (χ1v) is 12.1. The van der Waals surface area contributed by atoms with Crippen LogP contribution in [0.25, 0.3) is 10.9 Å². The first-order chi connectivity index (χ1) is 16.1. The number of pyridine rings is 1. The molecule has 0 spiro atoms. The maximum absolute atomic E-state index is 13.3. The van der Waals surface area contributed by atoms with Crippen LogP contribution in [0.15, 0.2) is 24.4 Å². The van der Waals surface area contributed by atoms with E-state index in [1.807, 2.05) is 23.1 Å². The largest absolute Gasteiger partial charge is 0.370 e. The maximum Gasteiger partial charge on any atom is 0.226 e. The number of amides is 1. The summed E-state index contributed by atoms with van der Waals surface area (Å²) in [6, 6.07) is 7.86. The predicted molar refractivity (Wildman–Crippen MR) is 126 cm³/mol. The molecule has 33 heavy (non-hydrogen) atoms. The number of fused-ring (bicyclic) bond motifs is 2. The van der Waals surface area contributed by atoms with E-state index in [9.17, 15) is 10.1 Å². The first-order valence-electron chi connectivity index (χ1n) is 11.7. The third-order valence-corrected chi connectivity index (χ3v) is 7.56. The number of H-pyrrole nitrogens is 1. The Kier molecular flexibility index (Phi) is 4.99. The molecule has 1 aromatic carbocycles. The van der Waals surface area contributed by atoms with Crippen LogP contribution in [-0.4, -0.2) is 45.6 Å². The lowest BCUT2D eigenvalue weighted by atomic mass is 9.92. The van der Waals surface area contributed by atoms with E-state index in [0.717, 1.165) is 61.2 Å². The van der Waals surface area contributed by atoms with E-state index in [4.69, 9.17) is 11.6 Å². The average Bonchev–Trinajstić information content (AvgIpc) is 3.61. The molecule has 1 saturated heterocycles. The maximum atomic E-state index is 13.3. The van der Waals surface area contributed by atoms with Gasteiger partial charge in [-0.2, -0.15) is 10.4 Å². The number of rotatable bonds is 3. The van der Waals surface area contributed by atoms with Gasteiger partial charge in [-0.3, -0.25) is 14.9 Å². The molecule has 4 heterocycles. The number of hydrogen-bond acceptors (Lipinski definition) is 5. The van der Waals surface area contributed by atoms with Crippen molar-refractivity contribution < 1.29 is 4.79 Å². The zero-order valence-corrected chi connectivity index (χ0v) is 19.1. The second kappa shape index (κ2) is 8.03. The minimum Gasteiger partial charge on any atom is -0.370 e. The molecule has 6 rings (SSSR count). The number of anilines is 1. The highest BCUT2D eigenvalue weighted by molar-refractivity contribution is 6.31. The van der Waals surface area contributed by atoms with Gasteiger partial charge in [0.05, 0.1) is 34.7 Å². The van der Waals surface area contributed by atoms with Crippen LogP contribution in [0.1, 0.15) is 54.1 Å². The van der Waals surface area contributed by atoms with Crippen molar-refractivity contribution in [2.45, 2.75) is 44.6 Å². The Bertz CT molecular complexity index is 1280. The summed E-state index contributed by atoms with van der Waals surface area (Å²) >= 11 is 6.25. The molecule has 3 aliphatic rings. The molecule has 2 fully saturated rings. The number of nitrogens with zero attached hydrogens (tertiary/aromatic N) is 5. The van der Waals surface area contributed by atoms with E-state index in [2.05, 4.69) is 26.2 Å². The molecule has 0 unspecified atom stereocenters. The average molecular weight is 461 g/mol. The van der Waals surface area contributed by atoms with E-state index in [0.29, 0.717) is 23.0 Å². The van der Waals surface area contributed by atoms with Gasteiger partial charge in [0.25, 0.3) is 0 Å². The summed E-state index contributed by atoms with van der Waals surface area (Å²) in [5.41, 5.74) is 5.95. The highest BCUT2D eigenvalue weighted by Gasteiger charge is 2.35. The van der Waals surface area contributed by atoms with Gasteiger partial charge >= 0.3 is 0 Å². The normalized spacial score (nSPS) is 18.9. The number of nitrogens with one attached hydrogen (secondary N) is 1. The van der Waals surface area contributed by atoms with E-state index in [1.165, 1.54) is 24.1 Å². The fraction of sp³-hybridized carbons (Fsp3) is 0.440. The molecule has 0 radical (unpaired) electrons. The summed E-state index contributed by atoms with van der Waals surface area (Å²) < 4.78 is 0. The van der Waals surface area contributed by atoms with Crippen molar-refractivity contribution in [3.05, 3.63) is 51.9 Å². The molecule has 2 aromatic heterocycles. The van der Waals surface area contributed by atoms with Gasteiger partial charge in [0.1, 0.15) is 6.07 Å². The highest BCUT2D eigenvalue weighted by Crippen LogP contribution is 2.42. The van der Waals surface area contributed by atoms with Crippen LogP contribution in [0.5, 0.6) is 0 Å². The SMILES string of the molecule is N#Cc1cnc2ccc(Cl)cc2c1N1CCC(C(=O)N2CCc3c(C4CC4)n[nH]c3C2)CC1. The van der Waals surface area contributed by atoms with Gasteiger partial charge in [0, 0.05) is 53.6 Å². The molecular formula is C25H25ClN6O. The summed E-state index contributed by atoms with van der Waals surface area (Å²) in [5, 5.41) is 18.9. The summed E-state index contributed by atoms with van der Waals surface area (Å²) in [6.45, 7) is 2.87. The van der Waals surface area contributed by atoms with Crippen LogP contribution in [0.4, 0.5) is 5.69 Å². The lowest BCUT2D eigenvalue weighted by Gasteiger charge is -2.37. The van der Waals surface area contributed by atoms with Crippen molar-refractivity contribution >= 4 is 34.1 Å². The lowest BCUT2D eigenvalue weighted by molar-refractivity contribution is -0.137. The fourth-order valence-electron chi connectivity index (χ4n) is 5.41. The first kappa shape index (κ1) is 20.5. The number of nitriles is 1. The van der Waals surface area contributed by atoms with Crippen molar-refractivity contribution in [2.24, 2.45) is 5.92 Å². The number of aromatic amines is 1. The van der Waals surface area contributed by atoms with Gasteiger partial charge in [-0.15, -0.1) is 0 Å². The number of hydrogen-bond donors (Lipinski definition) is 1. The Balaban J connectivity index is 1.17. The predicted octanol–water partition coefficient (Wildman–Crippen LogP) is 4.16. The quantitative estimate of drug-likeness (QED) is 0.633. The van der Waals surface area contributed by atoms with Crippen molar-refractivity contribution in [1.82, 2.24) is 20.1 Å². The molecule has 1 amide bonds. The zero-order chi connectivity index (χ0) is 22.5. The van der Waals surface area contributed by atoms with E-state index in [-0.39, 0.29) is 11.8 Å². The molecule has 3 aromatic rings. The molecule has 1 aliphatic carbocycles. The number of piperidine rings is 1. The standard InChI is InChI=1S/C25H25ClN6O/c26-18-3-4-21-20(11-18)24(17(12-27)13-28-21)31-8-5-16(6-9-31)25(33)32-10-7-19-22(14-32)29-30-23(19)15-1-2-15/h3-4,11,13,15-16H,1-2,5-10,14H2,(H,29,30). The molecule has 8 heteroatoms. The van der Waals surface area contributed by atoms with Crippen molar-refractivity contribution in [3.63, 3.8) is 0 Å². The highest BCUT2D eigenvalue weighted by atomic mass is 35.5. The fourth-order valence-corrected chi connectivity index (χ4v) is 5.58. The number of aromatic nitrogens is 3. The van der Waals surface area contributed by atoms with Gasteiger partial charge < -0.3 is 9.80 Å². The number of carbonyl (C=O) groups is 1. The van der Waals surface area contributed by atoms with Crippen LogP contribution in [0, 0.1) is 17.2 Å². The lowest BCUT2D eigenvalue weighted by Crippen LogP contribution is -2.44. The summed E-state index contributed by atoms with van der Waals surface area (Å²) in [4.78, 5) is 22.0. The minimum absolute atomic E-state index is 0.0100. The molecule has 0 atom stereocenters. The van der Waals surface area contributed by atoms with E-state index >= 15 is 0 Å². The molecule has 1 saturated carbocycles. The van der Waals surface area contributed by atoms with Gasteiger partial charge in [-0.25, -0.2) is 0 Å². The number of halogens is 1. The molecular weight excluding hydrogens is 436 g/mol. The third-order valence-electron chi connectivity index (χ3n) is 7.32. The Morgan fingerprint density at radius 1 is 1.18 bits per heavy atom. The number of benzene rings is 1. The smallest absolute Gasteiger partial charge is 0.226 e. The second-order valence-corrected chi connectivity index (χ2v) is 9.84. The summed E-state index contributed by atoms with van der Waals surface area (Å²) in [5.74, 6) is 0.885. The molecule has 0 bridgehead atoms. The molecule has 1 N–H and O–H groups in total. The molecule has 2 aliphatic heterocycles. The van der Waals surface area contributed by atoms with Gasteiger partial charge in [0.15, 0.2) is 0 Å². The van der Waals surface area contributed by atoms with Crippen molar-refractivity contribution in [1.29, 1.82) is 5.26 Å². The second-order valence-electron chi connectivity index (χ2n) is 9.41. The Hall–Kier alpha value is -3.11. The van der Waals surface area contributed by atoms with Crippen LogP contribution in [0.2, 0.25) is 5.02 Å².